The summed E-state index contributed by atoms with van der Waals surface area (Å²) in [5.74, 6) is 0.848. The third-order valence-corrected chi connectivity index (χ3v) is 2.51. The van der Waals surface area contributed by atoms with Gasteiger partial charge < -0.3 is 0 Å². The Morgan fingerprint density at radius 1 is 1.56 bits per heavy atom. The minimum Gasteiger partial charge on any atom is -0.120 e. The summed E-state index contributed by atoms with van der Waals surface area (Å²) < 4.78 is 0. The maximum atomic E-state index is 6.17. The summed E-state index contributed by atoms with van der Waals surface area (Å²) in [5, 5.41) is 0. The standard InChI is InChI=1S/C8H15Cl/c1-7-4-3-5-8(2,9)6-7/h7H,3-6H2,1-2H3. The van der Waals surface area contributed by atoms with E-state index in [4.69, 9.17) is 11.6 Å². The molecule has 2 unspecified atom stereocenters. The Kier molecular flexibility index (Phi) is 2.05. The van der Waals surface area contributed by atoms with Crippen molar-refractivity contribution in [2.45, 2.75) is 44.4 Å². The van der Waals surface area contributed by atoms with Crippen molar-refractivity contribution < 1.29 is 0 Å². The maximum Gasteiger partial charge on any atom is 0.0421 e. The normalized spacial score (nSPS) is 45.0. The molecule has 0 aromatic heterocycles. The van der Waals surface area contributed by atoms with Crippen molar-refractivity contribution in [2.75, 3.05) is 0 Å². The van der Waals surface area contributed by atoms with Crippen molar-refractivity contribution in [1.29, 1.82) is 0 Å². The van der Waals surface area contributed by atoms with Crippen LogP contribution < -0.4 is 0 Å². The molecule has 1 fully saturated rings. The fourth-order valence-electron chi connectivity index (χ4n) is 1.75. The summed E-state index contributed by atoms with van der Waals surface area (Å²) in [5.41, 5.74) is 0. The first kappa shape index (κ1) is 7.40. The van der Waals surface area contributed by atoms with Crippen LogP contribution >= 0.6 is 11.6 Å². The van der Waals surface area contributed by atoms with Gasteiger partial charge in [-0.05, 0) is 25.7 Å². The molecule has 0 aromatic rings. The van der Waals surface area contributed by atoms with Crippen LogP contribution in [0, 0.1) is 5.92 Å². The number of hydrogen-bond donors (Lipinski definition) is 0. The van der Waals surface area contributed by atoms with Crippen LogP contribution in [0.5, 0.6) is 0 Å². The molecule has 0 radical (unpaired) electrons. The summed E-state index contributed by atoms with van der Waals surface area (Å²) in [6.07, 6.45) is 5.11. The average molecular weight is 147 g/mol. The van der Waals surface area contributed by atoms with Crippen molar-refractivity contribution >= 4 is 11.6 Å². The van der Waals surface area contributed by atoms with Crippen molar-refractivity contribution in [1.82, 2.24) is 0 Å². The first-order valence-electron chi connectivity index (χ1n) is 3.79. The van der Waals surface area contributed by atoms with Gasteiger partial charge in [0.25, 0.3) is 0 Å². The molecule has 9 heavy (non-hydrogen) atoms. The molecule has 0 N–H and O–H groups in total. The Labute approximate surface area is 62.6 Å². The second kappa shape index (κ2) is 2.49. The van der Waals surface area contributed by atoms with Gasteiger partial charge in [0.1, 0.15) is 0 Å². The lowest BCUT2D eigenvalue weighted by Crippen LogP contribution is -2.24. The highest BCUT2D eigenvalue weighted by Gasteiger charge is 2.27. The predicted molar refractivity (Wildman–Crippen MR) is 41.9 cm³/mol. The highest BCUT2D eigenvalue weighted by molar-refractivity contribution is 6.23. The van der Waals surface area contributed by atoms with Crippen molar-refractivity contribution in [3.05, 3.63) is 0 Å². The molecule has 1 rings (SSSR count). The first-order chi connectivity index (χ1) is 4.10. The van der Waals surface area contributed by atoms with Crippen LogP contribution in [0.4, 0.5) is 0 Å². The molecule has 0 spiro atoms. The third kappa shape index (κ3) is 2.17. The van der Waals surface area contributed by atoms with E-state index in [-0.39, 0.29) is 4.87 Å². The molecule has 54 valence electrons. The molecule has 0 nitrogen and oxygen atoms in total. The largest absolute Gasteiger partial charge is 0.120 e. The van der Waals surface area contributed by atoms with E-state index in [0.717, 1.165) is 5.92 Å². The van der Waals surface area contributed by atoms with E-state index < -0.39 is 0 Å². The van der Waals surface area contributed by atoms with E-state index in [0.29, 0.717) is 0 Å². The quantitative estimate of drug-likeness (QED) is 0.461. The lowest BCUT2D eigenvalue weighted by molar-refractivity contribution is 0.323. The Balaban J connectivity index is 2.41. The highest BCUT2D eigenvalue weighted by atomic mass is 35.5. The Morgan fingerprint density at radius 3 is 2.56 bits per heavy atom. The Bertz CT molecular complexity index is 96.7. The lowest BCUT2D eigenvalue weighted by Gasteiger charge is -2.30. The molecule has 2 atom stereocenters. The number of rotatable bonds is 0. The van der Waals surface area contributed by atoms with E-state index in [1.54, 1.807) is 0 Å². The summed E-state index contributed by atoms with van der Waals surface area (Å²) in [7, 11) is 0. The lowest BCUT2D eigenvalue weighted by atomic mass is 9.83. The van der Waals surface area contributed by atoms with Crippen molar-refractivity contribution in [3.8, 4) is 0 Å². The van der Waals surface area contributed by atoms with Crippen molar-refractivity contribution in [2.24, 2.45) is 5.92 Å². The molecule has 0 heterocycles. The molecule has 0 saturated heterocycles. The molecule has 0 bridgehead atoms. The van der Waals surface area contributed by atoms with Gasteiger partial charge in [-0.3, -0.25) is 0 Å². The van der Waals surface area contributed by atoms with E-state index in [9.17, 15) is 0 Å². The molecule has 1 heteroatoms. The molecule has 0 amide bonds. The molecular weight excluding hydrogens is 132 g/mol. The van der Waals surface area contributed by atoms with Gasteiger partial charge >= 0.3 is 0 Å². The number of hydrogen-bond acceptors (Lipinski definition) is 0. The molecule has 1 saturated carbocycles. The Morgan fingerprint density at radius 2 is 2.22 bits per heavy atom. The summed E-state index contributed by atoms with van der Waals surface area (Å²) in [6, 6.07) is 0. The zero-order valence-corrected chi connectivity index (χ0v) is 7.04. The minimum absolute atomic E-state index is 0.123. The third-order valence-electron chi connectivity index (χ3n) is 2.17. The summed E-state index contributed by atoms with van der Waals surface area (Å²) in [6.45, 7) is 4.45. The van der Waals surface area contributed by atoms with Gasteiger partial charge in [-0.25, -0.2) is 0 Å². The van der Waals surface area contributed by atoms with Crippen LogP contribution in [0.2, 0.25) is 0 Å². The van der Waals surface area contributed by atoms with Crippen LogP contribution in [0.3, 0.4) is 0 Å². The van der Waals surface area contributed by atoms with Crippen LogP contribution in [0.25, 0.3) is 0 Å². The summed E-state index contributed by atoms with van der Waals surface area (Å²) >= 11 is 6.17. The van der Waals surface area contributed by atoms with Crippen LogP contribution in [-0.4, -0.2) is 4.87 Å². The van der Waals surface area contributed by atoms with E-state index in [1.807, 2.05) is 0 Å². The molecule has 1 aliphatic rings. The fourth-order valence-corrected chi connectivity index (χ4v) is 2.15. The zero-order chi connectivity index (χ0) is 6.91. The average Bonchev–Trinajstić information content (AvgIpc) is 1.60. The van der Waals surface area contributed by atoms with Crippen LogP contribution in [0.1, 0.15) is 39.5 Å². The Hall–Kier alpha value is 0.290. The first-order valence-corrected chi connectivity index (χ1v) is 4.17. The van der Waals surface area contributed by atoms with Gasteiger partial charge in [0.05, 0.1) is 0 Å². The van der Waals surface area contributed by atoms with Gasteiger partial charge in [0.15, 0.2) is 0 Å². The van der Waals surface area contributed by atoms with Gasteiger partial charge in [-0.1, -0.05) is 19.8 Å². The predicted octanol–water partition coefficient (Wildman–Crippen LogP) is 3.19. The van der Waals surface area contributed by atoms with Crippen LogP contribution in [-0.2, 0) is 0 Å². The van der Waals surface area contributed by atoms with Gasteiger partial charge in [0, 0.05) is 4.87 Å². The molecular formula is C8H15Cl. The van der Waals surface area contributed by atoms with E-state index >= 15 is 0 Å². The smallest absolute Gasteiger partial charge is 0.0421 e. The van der Waals surface area contributed by atoms with E-state index in [1.165, 1.54) is 25.7 Å². The second-order valence-electron chi connectivity index (χ2n) is 3.61. The monoisotopic (exact) mass is 146 g/mol. The van der Waals surface area contributed by atoms with Gasteiger partial charge in [-0.15, -0.1) is 11.6 Å². The minimum atomic E-state index is 0.123. The van der Waals surface area contributed by atoms with Gasteiger partial charge in [-0.2, -0.15) is 0 Å². The topological polar surface area (TPSA) is 0 Å². The SMILES string of the molecule is CC1CCCC(C)(Cl)C1. The van der Waals surface area contributed by atoms with E-state index in [2.05, 4.69) is 13.8 Å². The molecule has 1 aliphatic carbocycles. The second-order valence-corrected chi connectivity index (χ2v) is 4.53. The molecule has 0 aliphatic heterocycles. The fraction of sp³-hybridized carbons (Fsp3) is 1.00. The van der Waals surface area contributed by atoms with Crippen LogP contribution in [0.15, 0.2) is 0 Å². The zero-order valence-electron chi connectivity index (χ0n) is 6.28. The van der Waals surface area contributed by atoms with Crippen molar-refractivity contribution in [3.63, 3.8) is 0 Å². The van der Waals surface area contributed by atoms with Gasteiger partial charge in [0.2, 0.25) is 0 Å². The number of alkyl halides is 1. The molecule has 0 aromatic carbocycles. The number of halogens is 1. The summed E-state index contributed by atoms with van der Waals surface area (Å²) in [4.78, 5) is 0.123. The maximum absolute atomic E-state index is 6.17. The highest BCUT2D eigenvalue weighted by Crippen LogP contribution is 2.36.